The lowest BCUT2D eigenvalue weighted by Gasteiger charge is -2.41. The first kappa shape index (κ1) is 17.1. The minimum atomic E-state index is 0. The number of halogens is 1. The average molecular weight is 461 g/mol. The number of guanidine groups is 1. The Balaban J connectivity index is 0.00000146. The molecule has 7 heteroatoms. The molecule has 4 aliphatic rings. The molecule has 5 heterocycles. The second kappa shape index (κ2) is 7.09. The molecular weight excluding hydrogens is 437 g/mol. The normalized spacial score (nSPS) is 27.2. The largest absolute Gasteiger partial charge is 0.376 e. The molecule has 0 amide bonds. The molecule has 0 spiro atoms. The molecule has 1 atom stereocenters. The molecule has 0 aromatic carbocycles. The Morgan fingerprint density at radius 3 is 2.75 bits per heavy atom. The van der Waals surface area contributed by atoms with Gasteiger partial charge in [-0.05, 0) is 36.3 Å². The summed E-state index contributed by atoms with van der Waals surface area (Å²) in [7, 11) is 0. The summed E-state index contributed by atoms with van der Waals surface area (Å²) >= 11 is 1.91. The number of nitrogens with zero attached hydrogens (tertiary/aromatic N) is 3. The Morgan fingerprint density at radius 2 is 2.00 bits per heavy atom. The molecule has 0 saturated carbocycles. The van der Waals surface area contributed by atoms with Crippen molar-refractivity contribution in [1.29, 1.82) is 0 Å². The molecule has 24 heavy (non-hydrogen) atoms. The summed E-state index contributed by atoms with van der Waals surface area (Å²) in [4.78, 5) is 11.5. The Hall–Kier alpha value is -0.380. The topological polar surface area (TPSA) is 37.3 Å². The number of rotatable bonds is 2. The van der Waals surface area contributed by atoms with Gasteiger partial charge < -0.3 is 19.3 Å². The molecule has 0 N–H and O–H groups in total. The fourth-order valence-corrected chi connectivity index (χ4v) is 5.06. The number of thiophene rings is 1. The van der Waals surface area contributed by atoms with E-state index in [1.54, 1.807) is 4.88 Å². The molecule has 132 valence electrons. The van der Waals surface area contributed by atoms with E-state index < -0.39 is 0 Å². The monoisotopic (exact) mass is 461 g/mol. The molecular formula is C17H24IN3O2S. The van der Waals surface area contributed by atoms with Crippen molar-refractivity contribution in [3.05, 3.63) is 21.9 Å². The molecule has 4 aliphatic heterocycles. The van der Waals surface area contributed by atoms with Gasteiger partial charge in [0.05, 0.1) is 31.9 Å². The Morgan fingerprint density at radius 1 is 1.17 bits per heavy atom. The van der Waals surface area contributed by atoms with Crippen LogP contribution in [-0.2, 0) is 15.9 Å². The van der Waals surface area contributed by atoms with Crippen LogP contribution in [0.15, 0.2) is 16.4 Å². The second-order valence-electron chi connectivity index (χ2n) is 6.88. The lowest BCUT2D eigenvalue weighted by Crippen LogP contribution is -2.50. The van der Waals surface area contributed by atoms with E-state index in [9.17, 15) is 0 Å². The van der Waals surface area contributed by atoms with Gasteiger partial charge in [0.15, 0.2) is 5.96 Å². The van der Waals surface area contributed by atoms with Crippen LogP contribution in [-0.4, -0.2) is 67.4 Å². The van der Waals surface area contributed by atoms with Crippen molar-refractivity contribution in [2.24, 2.45) is 4.99 Å². The fourth-order valence-electron chi connectivity index (χ4n) is 4.13. The minimum Gasteiger partial charge on any atom is -0.376 e. The van der Waals surface area contributed by atoms with Crippen LogP contribution < -0.4 is 0 Å². The third-order valence-corrected chi connectivity index (χ3v) is 6.47. The predicted octanol–water partition coefficient (Wildman–Crippen LogP) is 2.51. The Labute approximate surface area is 164 Å². The van der Waals surface area contributed by atoms with E-state index in [0.29, 0.717) is 18.2 Å². The van der Waals surface area contributed by atoms with Gasteiger partial charge in [-0.1, -0.05) is 0 Å². The summed E-state index contributed by atoms with van der Waals surface area (Å²) in [5, 5.41) is 2.24. The van der Waals surface area contributed by atoms with Crippen molar-refractivity contribution in [3.8, 4) is 0 Å². The molecule has 0 radical (unpaired) electrons. The third kappa shape index (κ3) is 2.97. The molecule has 2 saturated heterocycles. The highest BCUT2D eigenvalue weighted by Gasteiger charge is 2.37. The van der Waals surface area contributed by atoms with Crippen LogP contribution in [0.5, 0.6) is 0 Å². The van der Waals surface area contributed by atoms with Crippen molar-refractivity contribution in [1.82, 2.24) is 9.80 Å². The maximum absolute atomic E-state index is 6.08. The van der Waals surface area contributed by atoms with Crippen LogP contribution in [0.1, 0.15) is 29.3 Å². The maximum Gasteiger partial charge on any atom is 0.197 e. The van der Waals surface area contributed by atoms with Gasteiger partial charge in [-0.2, -0.15) is 0 Å². The van der Waals surface area contributed by atoms with Gasteiger partial charge in [-0.15, -0.1) is 35.3 Å². The molecule has 2 fully saturated rings. The maximum atomic E-state index is 6.08. The van der Waals surface area contributed by atoms with Crippen LogP contribution in [0.25, 0.3) is 0 Å². The number of aliphatic imine (C=N–C) groups is 1. The van der Waals surface area contributed by atoms with Crippen molar-refractivity contribution >= 4 is 41.3 Å². The van der Waals surface area contributed by atoms with Crippen molar-refractivity contribution in [2.45, 2.75) is 37.5 Å². The van der Waals surface area contributed by atoms with Crippen LogP contribution in [0.2, 0.25) is 0 Å². The van der Waals surface area contributed by atoms with Gasteiger partial charge in [0.1, 0.15) is 6.10 Å². The number of hydrogen-bond donors (Lipinski definition) is 0. The van der Waals surface area contributed by atoms with Gasteiger partial charge >= 0.3 is 0 Å². The van der Waals surface area contributed by atoms with Crippen LogP contribution in [0.3, 0.4) is 0 Å². The van der Waals surface area contributed by atoms with E-state index in [0.717, 1.165) is 52.2 Å². The average Bonchev–Trinajstić information content (AvgIpc) is 3.17. The molecule has 1 aromatic heterocycles. The zero-order valence-electron chi connectivity index (χ0n) is 13.7. The van der Waals surface area contributed by atoms with E-state index >= 15 is 0 Å². The minimum absolute atomic E-state index is 0. The third-order valence-electron chi connectivity index (χ3n) is 5.47. The van der Waals surface area contributed by atoms with Crippen LogP contribution in [0, 0.1) is 0 Å². The quantitative estimate of drug-likeness (QED) is 0.635. The number of piperidine rings is 1. The van der Waals surface area contributed by atoms with E-state index in [-0.39, 0.29) is 24.0 Å². The molecule has 0 aliphatic carbocycles. The molecule has 5 rings (SSSR count). The zero-order chi connectivity index (χ0) is 15.2. The summed E-state index contributed by atoms with van der Waals surface area (Å²) in [6, 6.07) is 2.79. The van der Waals surface area contributed by atoms with Crippen molar-refractivity contribution < 1.29 is 9.47 Å². The van der Waals surface area contributed by atoms with Crippen molar-refractivity contribution in [2.75, 3.05) is 39.4 Å². The second-order valence-corrected chi connectivity index (χ2v) is 7.88. The first-order valence-corrected chi connectivity index (χ1v) is 9.62. The lowest BCUT2D eigenvalue weighted by atomic mass is 10.0. The first-order chi connectivity index (χ1) is 11.4. The van der Waals surface area contributed by atoms with Gasteiger partial charge in [0.2, 0.25) is 0 Å². The number of ether oxygens (including phenoxy) is 2. The van der Waals surface area contributed by atoms with E-state index in [4.69, 9.17) is 14.5 Å². The standard InChI is InChI=1S/C17H23N3O2S.HI/c1-5-19(6-2-12(1)22-13-10-21-11-13)17-18-9-15-14-4-8-23-16(14)3-7-20(15)17;/h4,8,12-13,15H,1-3,5-7,9-11H2;1H. The summed E-state index contributed by atoms with van der Waals surface area (Å²) in [6.07, 6.45) is 4.14. The Bertz CT molecular complexity index is 611. The molecule has 1 aromatic rings. The van der Waals surface area contributed by atoms with E-state index in [1.807, 2.05) is 11.3 Å². The van der Waals surface area contributed by atoms with Crippen LogP contribution >= 0.6 is 35.3 Å². The predicted molar refractivity (Wildman–Crippen MR) is 105 cm³/mol. The van der Waals surface area contributed by atoms with Gasteiger partial charge in [-0.25, -0.2) is 0 Å². The zero-order valence-corrected chi connectivity index (χ0v) is 16.9. The van der Waals surface area contributed by atoms with Crippen LogP contribution in [0.4, 0.5) is 0 Å². The van der Waals surface area contributed by atoms with E-state index in [2.05, 4.69) is 21.2 Å². The lowest BCUT2D eigenvalue weighted by molar-refractivity contribution is -0.161. The van der Waals surface area contributed by atoms with Gasteiger partial charge in [0.25, 0.3) is 0 Å². The first-order valence-electron chi connectivity index (χ1n) is 8.74. The Kier molecular flexibility index (Phi) is 5.04. The smallest absolute Gasteiger partial charge is 0.197 e. The summed E-state index contributed by atoms with van der Waals surface area (Å²) in [5.74, 6) is 1.23. The van der Waals surface area contributed by atoms with Gasteiger partial charge in [-0.3, -0.25) is 4.99 Å². The summed E-state index contributed by atoms with van der Waals surface area (Å²) in [6.45, 7) is 5.74. The summed E-state index contributed by atoms with van der Waals surface area (Å²) < 4.78 is 11.3. The highest BCUT2D eigenvalue weighted by atomic mass is 127. The number of fused-ring (bicyclic) bond motifs is 3. The van der Waals surface area contributed by atoms with Gasteiger partial charge in [0, 0.05) is 24.5 Å². The molecule has 0 bridgehead atoms. The highest BCUT2D eigenvalue weighted by molar-refractivity contribution is 14.0. The van der Waals surface area contributed by atoms with Crippen molar-refractivity contribution in [3.63, 3.8) is 0 Å². The fraction of sp³-hybridized carbons (Fsp3) is 0.706. The molecule has 5 nitrogen and oxygen atoms in total. The number of hydrogen-bond acceptors (Lipinski definition) is 6. The highest BCUT2D eigenvalue weighted by Crippen LogP contribution is 2.37. The van der Waals surface area contributed by atoms with E-state index in [1.165, 1.54) is 17.9 Å². The SMILES string of the molecule is I.c1cc2c(s1)CCN1C(N3CCC(OC4COC4)CC3)=NCC21. The summed E-state index contributed by atoms with van der Waals surface area (Å²) in [5.41, 5.74) is 1.52. The number of likely N-dealkylation sites (tertiary alicyclic amines) is 1. The molecule has 1 unspecified atom stereocenters.